The van der Waals surface area contributed by atoms with Crippen molar-refractivity contribution in [1.29, 1.82) is 0 Å². The van der Waals surface area contributed by atoms with Crippen molar-refractivity contribution in [1.82, 2.24) is 10.2 Å². The van der Waals surface area contributed by atoms with E-state index in [1.54, 1.807) is 19.9 Å². The van der Waals surface area contributed by atoms with E-state index in [1.807, 2.05) is 0 Å². The minimum atomic E-state index is -0.969. The number of anilines is 1. The molecule has 0 unspecified atom stereocenters. The normalized spacial score (nSPS) is 17.0. The first-order valence-corrected chi connectivity index (χ1v) is 6.44. The summed E-state index contributed by atoms with van der Waals surface area (Å²) < 4.78 is 0. The van der Waals surface area contributed by atoms with Gasteiger partial charge < -0.3 is 15.5 Å². The van der Waals surface area contributed by atoms with Crippen molar-refractivity contribution in [3.63, 3.8) is 0 Å². The van der Waals surface area contributed by atoms with E-state index in [0.717, 1.165) is 0 Å². The van der Waals surface area contributed by atoms with Gasteiger partial charge in [0.05, 0.1) is 4.92 Å². The molecule has 8 heteroatoms. The van der Waals surface area contributed by atoms with Gasteiger partial charge in [-0.2, -0.15) is 0 Å². The minimum Gasteiger partial charge on any atom is -0.352 e. The van der Waals surface area contributed by atoms with E-state index in [4.69, 9.17) is 0 Å². The molecule has 1 saturated heterocycles. The van der Waals surface area contributed by atoms with Crippen molar-refractivity contribution in [3.05, 3.63) is 34.4 Å². The van der Waals surface area contributed by atoms with Crippen molar-refractivity contribution in [2.75, 3.05) is 18.4 Å². The molecule has 1 fully saturated rings. The zero-order chi connectivity index (χ0) is 15.6. The number of nitro groups is 1. The SMILES string of the molecule is CC1(C)C(=O)NCCN1C(=O)Nc1cccc([N+](=O)[O-])c1. The number of rotatable bonds is 2. The highest BCUT2D eigenvalue weighted by molar-refractivity contribution is 5.96. The summed E-state index contributed by atoms with van der Waals surface area (Å²) in [6, 6.07) is 5.20. The summed E-state index contributed by atoms with van der Waals surface area (Å²) in [4.78, 5) is 35.7. The second kappa shape index (κ2) is 5.39. The molecule has 0 aromatic heterocycles. The molecular weight excluding hydrogens is 276 g/mol. The molecule has 0 aliphatic carbocycles. The number of carbonyl (C=O) groups excluding carboxylic acids is 2. The summed E-state index contributed by atoms with van der Waals surface area (Å²) in [6.45, 7) is 4.05. The van der Waals surface area contributed by atoms with E-state index in [9.17, 15) is 19.7 Å². The highest BCUT2D eigenvalue weighted by Crippen LogP contribution is 2.21. The Hall–Kier alpha value is -2.64. The lowest BCUT2D eigenvalue weighted by atomic mass is 9.99. The maximum absolute atomic E-state index is 12.3. The number of benzene rings is 1. The molecule has 0 radical (unpaired) electrons. The summed E-state index contributed by atoms with van der Waals surface area (Å²) in [5.41, 5.74) is -0.761. The van der Waals surface area contributed by atoms with Crippen LogP contribution in [0.5, 0.6) is 0 Å². The standard InChI is InChI=1S/C13H16N4O4/c1-13(2)11(18)14-6-7-16(13)12(19)15-9-4-3-5-10(8-9)17(20)21/h3-5,8H,6-7H2,1-2H3,(H,14,18)(H,15,19). The minimum absolute atomic E-state index is 0.108. The van der Waals surface area contributed by atoms with Gasteiger partial charge in [0, 0.05) is 30.9 Å². The third kappa shape index (κ3) is 2.93. The smallest absolute Gasteiger partial charge is 0.322 e. The molecule has 1 aliphatic heterocycles. The van der Waals surface area contributed by atoms with Crippen molar-refractivity contribution in [3.8, 4) is 0 Å². The van der Waals surface area contributed by atoms with Crippen LogP contribution < -0.4 is 10.6 Å². The van der Waals surface area contributed by atoms with Crippen molar-refractivity contribution >= 4 is 23.3 Å². The van der Waals surface area contributed by atoms with E-state index < -0.39 is 16.5 Å². The number of urea groups is 1. The van der Waals surface area contributed by atoms with Gasteiger partial charge >= 0.3 is 6.03 Å². The van der Waals surface area contributed by atoms with Crippen LogP contribution in [0.3, 0.4) is 0 Å². The Kier molecular flexibility index (Phi) is 3.79. The van der Waals surface area contributed by atoms with Gasteiger partial charge in [-0.1, -0.05) is 6.07 Å². The van der Waals surface area contributed by atoms with E-state index in [2.05, 4.69) is 10.6 Å². The van der Waals surface area contributed by atoms with Crippen LogP contribution in [0.4, 0.5) is 16.2 Å². The van der Waals surface area contributed by atoms with Crippen LogP contribution in [0, 0.1) is 10.1 Å². The molecule has 112 valence electrons. The Labute approximate surface area is 121 Å². The lowest BCUT2D eigenvalue weighted by molar-refractivity contribution is -0.384. The van der Waals surface area contributed by atoms with Crippen LogP contribution >= 0.6 is 0 Å². The average Bonchev–Trinajstić information content (AvgIpc) is 2.42. The Bertz CT molecular complexity index is 600. The maximum atomic E-state index is 12.3. The summed E-state index contributed by atoms with van der Waals surface area (Å²) in [6.07, 6.45) is 0. The molecule has 2 N–H and O–H groups in total. The molecule has 0 atom stereocenters. The lowest BCUT2D eigenvalue weighted by Crippen LogP contribution is -2.64. The van der Waals surface area contributed by atoms with E-state index in [-0.39, 0.29) is 11.6 Å². The van der Waals surface area contributed by atoms with Gasteiger partial charge in [-0.25, -0.2) is 4.79 Å². The molecule has 8 nitrogen and oxygen atoms in total. The molecule has 0 saturated carbocycles. The van der Waals surface area contributed by atoms with Crippen molar-refractivity contribution < 1.29 is 14.5 Å². The number of nitrogens with one attached hydrogen (secondary N) is 2. The highest BCUT2D eigenvalue weighted by Gasteiger charge is 2.40. The third-order valence-corrected chi connectivity index (χ3v) is 3.40. The average molecular weight is 292 g/mol. The second-order valence-electron chi connectivity index (χ2n) is 5.20. The molecule has 1 heterocycles. The lowest BCUT2D eigenvalue weighted by Gasteiger charge is -2.40. The van der Waals surface area contributed by atoms with E-state index >= 15 is 0 Å². The third-order valence-electron chi connectivity index (χ3n) is 3.40. The summed E-state index contributed by atoms with van der Waals surface area (Å²) >= 11 is 0. The van der Waals surface area contributed by atoms with Crippen LogP contribution in [0.2, 0.25) is 0 Å². The molecule has 0 bridgehead atoms. The number of nitrogens with zero attached hydrogens (tertiary/aromatic N) is 2. The number of piperazine rings is 1. The number of nitro benzene ring substituents is 1. The predicted octanol–water partition coefficient (Wildman–Crippen LogP) is 1.34. The molecule has 0 spiro atoms. The fourth-order valence-corrected chi connectivity index (χ4v) is 2.14. The first-order valence-electron chi connectivity index (χ1n) is 6.44. The van der Waals surface area contributed by atoms with Crippen LogP contribution in [-0.4, -0.2) is 40.4 Å². The molecular formula is C13H16N4O4. The van der Waals surface area contributed by atoms with Gasteiger partial charge in [-0.15, -0.1) is 0 Å². The van der Waals surface area contributed by atoms with Gasteiger partial charge in [0.1, 0.15) is 5.54 Å². The number of amides is 3. The fraction of sp³-hybridized carbons (Fsp3) is 0.385. The number of carbonyl (C=O) groups is 2. The number of non-ortho nitro benzene ring substituents is 1. The van der Waals surface area contributed by atoms with Crippen LogP contribution in [0.1, 0.15) is 13.8 Å². The van der Waals surface area contributed by atoms with Gasteiger partial charge in [0.25, 0.3) is 5.69 Å². The molecule has 1 aromatic rings. The largest absolute Gasteiger partial charge is 0.352 e. The maximum Gasteiger partial charge on any atom is 0.322 e. The van der Waals surface area contributed by atoms with E-state index in [0.29, 0.717) is 18.8 Å². The monoisotopic (exact) mass is 292 g/mol. The molecule has 1 aliphatic rings. The zero-order valence-electron chi connectivity index (χ0n) is 11.8. The first kappa shape index (κ1) is 14.8. The zero-order valence-corrected chi connectivity index (χ0v) is 11.8. The van der Waals surface area contributed by atoms with Crippen LogP contribution in [-0.2, 0) is 4.79 Å². The van der Waals surface area contributed by atoms with Gasteiger partial charge in [0.2, 0.25) is 5.91 Å². The van der Waals surface area contributed by atoms with Gasteiger partial charge in [-0.05, 0) is 19.9 Å². The Morgan fingerprint density at radius 1 is 1.48 bits per heavy atom. The quantitative estimate of drug-likeness (QED) is 0.633. The number of hydrogen-bond donors (Lipinski definition) is 2. The first-order chi connectivity index (χ1) is 9.82. The Balaban J connectivity index is 2.16. The van der Waals surface area contributed by atoms with Gasteiger partial charge in [0.15, 0.2) is 0 Å². The molecule has 3 amide bonds. The Morgan fingerprint density at radius 3 is 2.86 bits per heavy atom. The molecule has 2 rings (SSSR count). The molecule has 1 aromatic carbocycles. The molecule has 21 heavy (non-hydrogen) atoms. The van der Waals surface area contributed by atoms with Crippen molar-refractivity contribution in [2.24, 2.45) is 0 Å². The number of hydrogen-bond acceptors (Lipinski definition) is 4. The Morgan fingerprint density at radius 2 is 2.19 bits per heavy atom. The second-order valence-corrected chi connectivity index (χ2v) is 5.20. The van der Waals surface area contributed by atoms with Gasteiger partial charge in [-0.3, -0.25) is 14.9 Å². The predicted molar refractivity (Wildman–Crippen MR) is 75.9 cm³/mol. The van der Waals surface area contributed by atoms with Crippen molar-refractivity contribution in [2.45, 2.75) is 19.4 Å². The van der Waals surface area contributed by atoms with Crippen LogP contribution in [0.15, 0.2) is 24.3 Å². The summed E-state index contributed by atoms with van der Waals surface area (Å²) in [7, 11) is 0. The van der Waals surface area contributed by atoms with Crippen LogP contribution in [0.25, 0.3) is 0 Å². The topological polar surface area (TPSA) is 105 Å². The summed E-state index contributed by atoms with van der Waals surface area (Å²) in [5.74, 6) is -0.233. The van der Waals surface area contributed by atoms with E-state index in [1.165, 1.54) is 23.1 Å². The summed E-state index contributed by atoms with van der Waals surface area (Å²) in [5, 5.41) is 16.0. The fourth-order valence-electron chi connectivity index (χ4n) is 2.14. The highest BCUT2D eigenvalue weighted by atomic mass is 16.6.